The van der Waals surface area contributed by atoms with Crippen LogP contribution < -0.4 is 5.32 Å². The van der Waals surface area contributed by atoms with Crippen molar-refractivity contribution in [1.82, 2.24) is 5.32 Å². The van der Waals surface area contributed by atoms with Crippen molar-refractivity contribution < 1.29 is 9.53 Å². The highest BCUT2D eigenvalue weighted by Crippen LogP contribution is 1.90. The molecule has 0 aliphatic carbocycles. The van der Waals surface area contributed by atoms with E-state index in [9.17, 15) is 4.79 Å². The van der Waals surface area contributed by atoms with Crippen molar-refractivity contribution in [3.63, 3.8) is 0 Å². The Kier molecular flexibility index (Phi) is 5.37. The minimum absolute atomic E-state index is 0.209. The summed E-state index contributed by atoms with van der Waals surface area (Å²) in [5, 5.41) is 2.99. The van der Waals surface area contributed by atoms with Gasteiger partial charge in [-0.25, -0.2) is 0 Å². The molecule has 0 amide bonds. The fraction of sp³-hybridized carbons (Fsp3) is 0.667. The molecule has 0 aromatic carbocycles. The third kappa shape index (κ3) is 4.91. The Bertz CT molecular complexity index is 166. The molecule has 0 aromatic heterocycles. The number of nitrogens with one attached hydrogen (secondary N) is 1. The number of carbonyl (C=O) groups excluding carboxylic acids is 1. The second-order valence-corrected chi connectivity index (χ2v) is 2.81. The molecule has 3 nitrogen and oxygen atoms in total. The molecule has 0 fully saturated rings. The summed E-state index contributed by atoms with van der Waals surface area (Å²) in [6.07, 6.45) is 0. The summed E-state index contributed by atoms with van der Waals surface area (Å²) in [4.78, 5) is 11.0. The molecule has 0 aliphatic heterocycles. The minimum Gasteiger partial charge on any atom is -0.465 e. The minimum atomic E-state index is -0.248. The highest BCUT2D eigenvalue weighted by atomic mass is 16.5. The van der Waals surface area contributed by atoms with E-state index in [4.69, 9.17) is 4.74 Å². The van der Waals surface area contributed by atoms with Gasteiger partial charge < -0.3 is 10.1 Å². The Morgan fingerprint density at radius 3 is 2.67 bits per heavy atom. The molecule has 0 spiro atoms. The van der Waals surface area contributed by atoms with Gasteiger partial charge >= 0.3 is 5.97 Å². The average Bonchev–Trinajstić information content (AvgIpc) is 2.00. The maximum Gasteiger partial charge on any atom is 0.322 e. The first-order chi connectivity index (χ1) is 5.57. The van der Waals surface area contributed by atoms with Crippen molar-refractivity contribution in [2.45, 2.75) is 26.8 Å². The van der Waals surface area contributed by atoms with Gasteiger partial charge in [-0.3, -0.25) is 4.79 Å². The zero-order chi connectivity index (χ0) is 9.56. The Morgan fingerprint density at radius 1 is 1.67 bits per heavy atom. The van der Waals surface area contributed by atoms with Crippen molar-refractivity contribution in [2.24, 2.45) is 0 Å². The SMILES string of the molecule is C=C(C)CNC(C)C(=O)OCC. The number of ether oxygens (including phenoxy) is 1. The fourth-order valence-electron chi connectivity index (χ4n) is 0.678. The number of hydrogen-bond acceptors (Lipinski definition) is 3. The van der Waals surface area contributed by atoms with Crippen LogP contribution in [-0.2, 0) is 9.53 Å². The topological polar surface area (TPSA) is 38.3 Å². The van der Waals surface area contributed by atoms with Crippen LogP contribution in [0.4, 0.5) is 0 Å². The van der Waals surface area contributed by atoms with Crippen molar-refractivity contribution in [3.8, 4) is 0 Å². The lowest BCUT2D eigenvalue weighted by Gasteiger charge is -2.11. The molecule has 0 radical (unpaired) electrons. The lowest BCUT2D eigenvalue weighted by molar-refractivity contribution is -0.145. The number of rotatable bonds is 5. The number of esters is 1. The van der Waals surface area contributed by atoms with Crippen molar-refractivity contribution in [1.29, 1.82) is 0 Å². The third-order valence-electron chi connectivity index (χ3n) is 1.35. The lowest BCUT2D eigenvalue weighted by Crippen LogP contribution is -2.36. The largest absolute Gasteiger partial charge is 0.465 e. The summed E-state index contributed by atoms with van der Waals surface area (Å²) in [7, 11) is 0. The van der Waals surface area contributed by atoms with Crippen LogP contribution in [0.25, 0.3) is 0 Å². The van der Waals surface area contributed by atoms with Gasteiger partial charge in [0.05, 0.1) is 6.61 Å². The molecule has 3 heteroatoms. The summed E-state index contributed by atoms with van der Waals surface area (Å²) in [5.74, 6) is -0.209. The first-order valence-corrected chi connectivity index (χ1v) is 4.12. The maximum absolute atomic E-state index is 11.0. The van der Waals surface area contributed by atoms with E-state index in [2.05, 4.69) is 11.9 Å². The molecular weight excluding hydrogens is 154 g/mol. The Labute approximate surface area is 73.8 Å². The van der Waals surface area contributed by atoms with Gasteiger partial charge in [0.1, 0.15) is 6.04 Å². The molecule has 0 aliphatic rings. The smallest absolute Gasteiger partial charge is 0.322 e. The Hall–Kier alpha value is -0.830. The van der Waals surface area contributed by atoms with Crippen molar-refractivity contribution in [2.75, 3.05) is 13.2 Å². The van der Waals surface area contributed by atoms with Gasteiger partial charge in [0.15, 0.2) is 0 Å². The van der Waals surface area contributed by atoms with E-state index in [0.717, 1.165) is 5.57 Å². The molecule has 12 heavy (non-hydrogen) atoms. The molecule has 70 valence electrons. The quantitative estimate of drug-likeness (QED) is 0.497. The van der Waals surface area contributed by atoms with Crippen molar-refractivity contribution >= 4 is 5.97 Å². The predicted molar refractivity (Wildman–Crippen MR) is 48.9 cm³/mol. The second kappa shape index (κ2) is 5.77. The summed E-state index contributed by atoms with van der Waals surface area (Å²) >= 11 is 0. The van der Waals surface area contributed by atoms with E-state index in [-0.39, 0.29) is 12.0 Å². The predicted octanol–water partition coefficient (Wildman–Crippen LogP) is 1.10. The molecule has 0 bridgehead atoms. The zero-order valence-corrected chi connectivity index (χ0v) is 8.02. The van der Waals surface area contributed by atoms with Gasteiger partial charge in [-0.15, -0.1) is 0 Å². The third-order valence-corrected chi connectivity index (χ3v) is 1.35. The van der Waals surface area contributed by atoms with E-state index >= 15 is 0 Å². The van der Waals surface area contributed by atoms with E-state index in [0.29, 0.717) is 13.2 Å². The monoisotopic (exact) mass is 171 g/mol. The van der Waals surface area contributed by atoms with Crippen LogP contribution in [0.3, 0.4) is 0 Å². The van der Waals surface area contributed by atoms with Gasteiger partial charge in [0, 0.05) is 6.54 Å². The lowest BCUT2D eigenvalue weighted by atomic mass is 10.3. The van der Waals surface area contributed by atoms with E-state index in [1.54, 1.807) is 13.8 Å². The summed E-state index contributed by atoms with van der Waals surface area (Å²) in [5.41, 5.74) is 1.01. The highest BCUT2D eigenvalue weighted by Gasteiger charge is 2.11. The van der Waals surface area contributed by atoms with Crippen LogP contribution in [0.2, 0.25) is 0 Å². The molecule has 1 N–H and O–H groups in total. The van der Waals surface area contributed by atoms with Crippen LogP contribution in [-0.4, -0.2) is 25.2 Å². The molecular formula is C9H17NO2. The summed E-state index contributed by atoms with van der Waals surface area (Å²) in [6.45, 7) is 10.3. The van der Waals surface area contributed by atoms with Gasteiger partial charge in [0.25, 0.3) is 0 Å². The standard InChI is InChI=1S/C9H17NO2/c1-5-12-9(11)8(4)10-6-7(2)3/h8,10H,2,5-6H2,1,3-4H3. The molecule has 1 atom stereocenters. The zero-order valence-electron chi connectivity index (χ0n) is 8.02. The highest BCUT2D eigenvalue weighted by molar-refractivity contribution is 5.75. The maximum atomic E-state index is 11.0. The summed E-state index contributed by atoms with van der Waals surface area (Å²) in [6, 6.07) is -0.248. The fourth-order valence-corrected chi connectivity index (χ4v) is 0.678. The molecule has 0 saturated heterocycles. The van der Waals surface area contributed by atoms with Gasteiger partial charge in [-0.2, -0.15) is 0 Å². The number of carbonyl (C=O) groups is 1. The molecule has 0 heterocycles. The Morgan fingerprint density at radius 2 is 2.25 bits per heavy atom. The van der Waals surface area contributed by atoms with Gasteiger partial charge in [-0.05, 0) is 20.8 Å². The van der Waals surface area contributed by atoms with E-state index in [1.165, 1.54) is 0 Å². The van der Waals surface area contributed by atoms with Crippen LogP contribution in [0.15, 0.2) is 12.2 Å². The van der Waals surface area contributed by atoms with Crippen molar-refractivity contribution in [3.05, 3.63) is 12.2 Å². The molecule has 0 rings (SSSR count). The molecule has 0 saturated carbocycles. The normalized spacial score (nSPS) is 12.2. The Balaban J connectivity index is 3.63. The molecule has 1 unspecified atom stereocenters. The van der Waals surface area contributed by atoms with Gasteiger partial charge in [-0.1, -0.05) is 12.2 Å². The first kappa shape index (κ1) is 11.2. The van der Waals surface area contributed by atoms with E-state index < -0.39 is 0 Å². The number of hydrogen-bond donors (Lipinski definition) is 1. The average molecular weight is 171 g/mol. The van der Waals surface area contributed by atoms with Crippen LogP contribution >= 0.6 is 0 Å². The first-order valence-electron chi connectivity index (χ1n) is 4.12. The van der Waals surface area contributed by atoms with Crippen LogP contribution in [0, 0.1) is 0 Å². The summed E-state index contributed by atoms with van der Waals surface area (Å²) < 4.78 is 4.80. The molecule has 0 aromatic rings. The second-order valence-electron chi connectivity index (χ2n) is 2.81. The van der Waals surface area contributed by atoms with Gasteiger partial charge in [0.2, 0.25) is 0 Å². The van der Waals surface area contributed by atoms with Crippen LogP contribution in [0.1, 0.15) is 20.8 Å². The van der Waals surface area contributed by atoms with Crippen LogP contribution in [0.5, 0.6) is 0 Å². The van der Waals surface area contributed by atoms with E-state index in [1.807, 2.05) is 6.92 Å².